The second-order valence-corrected chi connectivity index (χ2v) is 5.87. The Labute approximate surface area is 131 Å². The number of benzene rings is 1. The number of Topliss-reactive ketones (excluding diaryl/α,β-unsaturated/α-hetero) is 2. The molecule has 0 bridgehead atoms. The van der Waals surface area contributed by atoms with Crippen molar-refractivity contribution in [3.63, 3.8) is 0 Å². The third-order valence-electron chi connectivity index (χ3n) is 4.40. The van der Waals surface area contributed by atoms with Crippen LogP contribution in [0.2, 0.25) is 0 Å². The van der Waals surface area contributed by atoms with E-state index < -0.39 is 12.6 Å². The number of hydrogen-bond donors (Lipinski definition) is 0. The lowest BCUT2D eigenvalue weighted by atomic mass is 9.82. The molecule has 0 saturated carbocycles. The smallest absolute Gasteiger partial charge is 0.302 e. The summed E-state index contributed by atoms with van der Waals surface area (Å²) in [4.78, 5) is 26.8. The van der Waals surface area contributed by atoms with Crippen LogP contribution < -0.4 is 0 Å². The Morgan fingerprint density at radius 1 is 0.913 bits per heavy atom. The molecule has 0 amide bonds. The van der Waals surface area contributed by atoms with Crippen molar-refractivity contribution >= 4 is 11.6 Å². The quantitative estimate of drug-likeness (QED) is 0.837. The van der Waals surface area contributed by atoms with Crippen LogP contribution in [0.15, 0.2) is 35.4 Å². The topological polar surface area (TPSA) is 37.4 Å². The minimum absolute atomic E-state index is 0.0978. The molecule has 0 atom stereocenters. The van der Waals surface area contributed by atoms with Gasteiger partial charge in [-0.3, -0.25) is 9.59 Å². The second-order valence-electron chi connectivity index (χ2n) is 5.87. The summed E-state index contributed by atoms with van der Waals surface area (Å²) in [6.45, 7) is 0.644. The predicted octanol–water partition coefficient (Wildman–Crippen LogP) is 3.41. The maximum Gasteiger partial charge on any atom is 0.390 e. The summed E-state index contributed by atoms with van der Waals surface area (Å²) in [5, 5.41) is 0. The summed E-state index contributed by atoms with van der Waals surface area (Å²) in [6.07, 6.45) is -4.42. The molecule has 6 heteroatoms. The van der Waals surface area contributed by atoms with E-state index in [1.807, 2.05) is 0 Å². The zero-order chi connectivity index (χ0) is 16.6. The Morgan fingerprint density at radius 3 is 1.83 bits per heavy atom. The van der Waals surface area contributed by atoms with Crippen LogP contribution in [0.1, 0.15) is 40.0 Å². The van der Waals surface area contributed by atoms with Crippen LogP contribution in [0.25, 0.3) is 0 Å². The average molecular weight is 323 g/mol. The van der Waals surface area contributed by atoms with E-state index in [1.165, 1.54) is 0 Å². The summed E-state index contributed by atoms with van der Waals surface area (Å²) in [6, 6.07) is 6.68. The Bertz CT molecular complexity index is 642. The summed E-state index contributed by atoms with van der Waals surface area (Å²) >= 11 is 0. The van der Waals surface area contributed by atoms with Crippen molar-refractivity contribution < 1.29 is 22.8 Å². The van der Waals surface area contributed by atoms with Gasteiger partial charge in [0.25, 0.3) is 0 Å². The molecule has 122 valence electrons. The first-order chi connectivity index (χ1) is 10.9. The van der Waals surface area contributed by atoms with E-state index in [9.17, 15) is 22.8 Å². The van der Waals surface area contributed by atoms with Gasteiger partial charge in [-0.1, -0.05) is 24.3 Å². The lowest BCUT2D eigenvalue weighted by molar-refractivity contribution is -0.137. The van der Waals surface area contributed by atoms with Crippen molar-refractivity contribution in [3.8, 4) is 0 Å². The Kier molecular flexibility index (Phi) is 4.10. The highest BCUT2D eigenvalue weighted by Crippen LogP contribution is 2.32. The van der Waals surface area contributed by atoms with Gasteiger partial charge in [-0.15, -0.1) is 0 Å². The van der Waals surface area contributed by atoms with Crippen molar-refractivity contribution in [2.24, 2.45) is 0 Å². The molecular formula is C17H16F3NO2. The number of rotatable bonds is 2. The van der Waals surface area contributed by atoms with Crippen molar-refractivity contribution in [2.75, 3.05) is 19.6 Å². The lowest BCUT2D eigenvalue weighted by Crippen LogP contribution is -2.29. The molecule has 0 N–H and O–H groups in total. The van der Waals surface area contributed by atoms with Gasteiger partial charge < -0.3 is 4.90 Å². The molecule has 2 aliphatic rings. The van der Waals surface area contributed by atoms with E-state index in [0.29, 0.717) is 48.2 Å². The molecule has 0 fully saturated rings. The van der Waals surface area contributed by atoms with E-state index >= 15 is 0 Å². The number of carbonyl (C=O) groups is 2. The van der Waals surface area contributed by atoms with Crippen LogP contribution in [0.5, 0.6) is 0 Å². The Hall–Kier alpha value is -1.95. The van der Waals surface area contributed by atoms with Gasteiger partial charge in [0.15, 0.2) is 11.6 Å². The normalized spacial score (nSPS) is 19.4. The van der Waals surface area contributed by atoms with Crippen molar-refractivity contribution in [1.82, 2.24) is 4.90 Å². The summed E-state index contributed by atoms with van der Waals surface area (Å²) in [5.74, 6) is -0.319. The first kappa shape index (κ1) is 15.9. The van der Waals surface area contributed by atoms with Gasteiger partial charge >= 0.3 is 6.18 Å². The highest BCUT2D eigenvalue weighted by Gasteiger charge is 2.34. The van der Waals surface area contributed by atoms with E-state index in [1.54, 1.807) is 29.2 Å². The van der Waals surface area contributed by atoms with Crippen LogP contribution in [-0.4, -0.2) is 42.3 Å². The van der Waals surface area contributed by atoms with Crippen LogP contribution >= 0.6 is 0 Å². The number of ketones is 2. The molecule has 0 aromatic heterocycles. The number of nitrogens with zero attached hydrogens (tertiary/aromatic N) is 1. The summed E-state index contributed by atoms with van der Waals surface area (Å²) in [5.41, 5.74) is 1.76. The minimum atomic E-state index is -4.19. The van der Waals surface area contributed by atoms with Gasteiger partial charge in [0, 0.05) is 41.9 Å². The molecule has 1 aliphatic carbocycles. The molecular weight excluding hydrogens is 307 g/mol. The fourth-order valence-corrected chi connectivity index (χ4v) is 3.17. The largest absolute Gasteiger partial charge is 0.390 e. The van der Waals surface area contributed by atoms with Crippen molar-refractivity contribution in [3.05, 3.63) is 46.5 Å². The minimum Gasteiger partial charge on any atom is -0.302 e. The third kappa shape index (κ3) is 3.22. The highest BCUT2D eigenvalue weighted by molar-refractivity contribution is 6.26. The molecule has 1 aromatic rings. The highest BCUT2D eigenvalue weighted by atomic mass is 19.4. The molecule has 0 unspecified atom stereocenters. The summed E-state index contributed by atoms with van der Waals surface area (Å²) in [7, 11) is 0. The molecule has 0 radical (unpaired) electrons. The Morgan fingerprint density at radius 2 is 1.39 bits per heavy atom. The van der Waals surface area contributed by atoms with Crippen LogP contribution in [0.3, 0.4) is 0 Å². The summed E-state index contributed by atoms with van der Waals surface area (Å²) < 4.78 is 37.1. The molecule has 0 spiro atoms. The standard InChI is InChI=1S/C17H16F3NO2/c18-17(19,20)7-10-21-8-5-13-14(6-9-21)16(23)12-4-2-1-3-11(12)15(13)22/h1-4H,5-10H2. The number of alkyl halides is 3. The molecule has 3 rings (SSSR count). The lowest BCUT2D eigenvalue weighted by Gasteiger charge is -2.20. The Balaban J connectivity index is 1.79. The van der Waals surface area contributed by atoms with Crippen molar-refractivity contribution in [2.45, 2.75) is 25.4 Å². The van der Waals surface area contributed by atoms with Gasteiger partial charge in [-0.05, 0) is 12.8 Å². The SMILES string of the molecule is O=C1C2=C(CCN(CCC(F)(F)F)CC2)C(=O)c2ccccc21. The van der Waals surface area contributed by atoms with Gasteiger partial charge in [0.05, 0.1) is 6.42 Å². The molecule has 1 aromatic carbocycles. The molecule has 3 nitrogen and oxygen atoms in total. The van der Waals surface area contributed by atoms with Crippen molar-refractivity contribution in [1.29, 1.82) is 0 Å². The number of fused-ring (bicyclic) bond motifs is 1. The van der Waals surface area contributed by atoms with Crippen LogP contribution in [0, 0.1) is 0 Å². The first-order valence-corrected chi connectivity index (χ1v) is 7.56. The molecule has 23 heavy (non-hydrogen) atoms. The van der Waals surface area contributed by atoms with Crippen LogP contribution in [-0.2, 0) is 0 Å². The van der Waals surface area contributed by atoms with E-state index in [2.05, 4.69) is 0 Å². The fourth-order valence-electron chi connectivity index (χ4n) is 3.17. The van der Waals surface area contributed by atoms with Gasteiger partial charge in [0.1, 0.15) is 0 Å². The maximum atomic E-state index is 12.6. The third-order valence-corrected chi connectivity index (χ3v) is 4.40. The fraction of sp³-hybridized carbons (Fsp3) is 0.412. The first-order valence-electron chi connectivity index (χ1n) is 7.56. The number of carbonyl (C=O) groups excluding carboxylic acids is 2. The van der Waals surface area contributed by atoms with E-state index in [4.69, 9.17) is 0 Å². The van der Waals surface area contributed by atoms with Gasteiger partial charge in [-0.2, -0.15) is 13.2 Å². The van der Waals surface area contributed by atoms with Gasteiger partial charge in [-0.25, -0.2) is 0 Å². The monoisotopic (exact) mass is 323 g/mol. The van der Waals surface area contributed by atoms with Crippen LogP contribution in [0.4, 0.5) is 13.2 Å². The molecule has 0 saturated heterocycles. The van der Waals surface area contributed by atoms with E-state index in [0.717, 1.165) is 0 Å². The predicted molar refractivity (Wildman–Crippen MR) is 78.5 cm³/mol. The zero-order valence-electron chi connectivity index (χ0n) is 12.4. The number of hydrogen-bond acceptors (Lipinski definition) is 3. The average Bonchev–Trinajstić information content (AvgIpc) is 2.73. The second kappa shape index (κ2) is 5.92. The van der Waals surface area contributed by atoms with Gasteiger partial charge in [0.2, 0.25) is 0 Å². The molecule has 1 aliphatic heterocycles. The van der Waals surface area contributed by atoms with E-state index in [-0.39, 0.29) is 18.1 Å². The molecule has 1 heterocycles. The number of halogens is 3. The zero-order valence-corrected chi connectivity index (χ0v) is 12.4. The maximum absolute atomic E-state index is 12.6.